The third-order valence-corrected chi connectivity index (χ3v) is 11.8. The van der Waals surface area contributed by atoms with Crippen molar-refractivity contribution < 1.29 is 28.6 Å². The molecule has 0 saturated carbocycles. The molecule has 0 saturated heterocycles. The lowest BCUT2D eigenvalue weighted by Gasteiger charge is -2.18. The highest BCUT2D eigenvalue weighted by atomic mass is 16.6. The van der Waals surface area contributed by atoms with Gasteiger partial charge < -0.3 is 14.2 Å². The molecule has 0 aromatic rings. The van der Waals surface area contributed by atoms with Crippen LogP contribution in [-0.2, 0) is 28.6 Å². The van der Waals surface area contributed by atoms with Crippen molar-refractivity contribution in [3.05, 3.63) is 12.2 Å². The predicted molar refractivity (Wildman–Crippen MR) is 252 cm³/mol. The maximum Gasteiger partial charge on any atom is 0.306 e. The van der Waals surface area contributed by atoms with Crippen LogP contribution in [0.3, 0.4) is 0 Å². The highest BCUT2D eigenvalue weighted by Crippen LogP contribution is 2.16. The van der Waals surface area contributed by atoms with E-state index in [0.717, 1.165) is 64.2 Å². The Morgan fingerprint density at radius 1 is 0.322 bits per heavy atom. The second-order valence-corrected chi connectivity index (χ2v) is 17.8. The molecule has 0 rings (SSSR count). The van der Waals surface area contributed by atoms with Gasteiger partial charge in [-0.15, -0.1) is 0 Å². The number of carbonyl (C=O) groups excluding carboxylic acids is 3. The molecule has 0 amide bonds. The lowest BCUT2D eigenvalue weighted by molar-refractivity contribution is -0.167. The molecule has 0 aromatic carbocycles. The van der Waals surface area contributed by atoms with Gasteiger partial charge in [-0.2, -0.15) is 0 Å². The molecule has 0 heterocycles. The summed E-state index contributed by atoms with van der Waals surface area (Å²) in [4.78, 5) is 37.6. The number of unbranched alkanes of at least 4 members (excludes halogenated alkanes) is 35. The van der Waals surface area contributed by atoms with E-state index in [-0.39, 0.29) is 31.1 Å². The fourth-order valence-corrected chi connectivity index (χ4v) is 7.79. The summed E-state index contributed by atoms with van der Waals surface area (Å²) in [6.07, 6.45) is 53.8. The minimum absolute atomic E-state index is 0.0672. The van der Waals surface area contributed by atoms with Crippen molar-refractivity contribution in [1.29, 1.82) is 0 Å². The van der Waals surface area contributed by atoms with E-state index < -0.39 is 6.10 Å². The number of allylic oxidation sites excluding steroid dienone is 2. The second kappa shape index (κ2) is 48.8. The molecule has 0 aliphatic rings. The Labute approximate surface area is 367 Å². The number of rotatable bonds is 48. The number of hydrogen-bond donors (Lipinski definition) is 0. The summed E-state index contributed by atoms with van der Waals surface area (Å²) in [5, 5.41) is 0. The second-order valence-electron chi connectivity index (χ2n) is 17.8. The first-order chi connectivity index (χ1) is 29.0. The van der Waals surface area contributed by atoms with Crippen LogP contribution in [0.5, 0.6) is 0 Å². The monoisotopic (exact) mass is 833 g/mol. The van der Waals surface area contributed by atoms with E-state index in [4.69, 9.17) is 14.2 Å². The van der Waals surface area contributed by atoms with Crippen molar-refractivity contribution in [2.75, 3.05) is 13.2 Å². The minimum Gasteiger partial charge on any atom is -0.462 e. The normalized spacial score (nSPS) is 12.0. The van der Waals surface area contributed by atoms with Gasteiger partial charge in [0, 0.05) is 19.3 Å². The van der Waals surface area contributed by atoms with Crippen molar-refractivity contribution in [2.45, 2.75) is 297 Å². The zero-order chi connectivity index (χ0) is 43.0. The third-order valence-electron chi connectivity index (χ3n) is 11.8. The number of ether oxygens (including phenoxy) is 3. The molecule has 0 N–H and O–H groups in total. The largest absolute Gasteiger partial charge is 0.462 e. The topological polar surface area (TPSA) is 78.9 Å². The van der Waals surface area contributed by atoms with Gasteiger partial charge in [-0.05, 0) is 44.9 Å². The van der Waals surface area contributed by atoms with E-state index in [1.165, 1.54) is 186 Å². The van der Waals surface area contributed by atoms with Crippen molar-refractivity contribution in [3.63, 3.8) is 0 Å². The molecule has 0 aliphatic carbocycles. The first-order valence-corrected chi connectivity index (χ1v) is 26.2. The number of carbonyl (C=O) groups is 3. The molecule has 0 bridgehead atoms. The average Bonchev–Trinajstić information content (AvgIpc) is 3.23. The fourth-order valence-electron chi connectivity index (χ4n) is 7.79. The highest BCUT2D eigenvalue weighted by Gasteiger charge is 2.19. The van der Waals surface area contributed by atoms with Gasteiger partial charge in [0.1, 0.15) is 13.2 Å². The van der Waals surface area contributed by atoms with Crippen LogP contribution in [-0.4, -0.2) is 37.2 Å². The lowest BCUT2D eigenvalue weighted by Crippen LogP contribution is -2.30. The average molecular weight is 833 g/mol. The number of hydrogen-bond acceptors (Lipinski definition) is 6. The van der Waals surface area contributed by atoms with Gasteiger partial charge >= 0.3 is 17.9 Å². The molecule has 0 fully saturated rings. The molecule has 348 valence electrons. The molecule has 0 aromatic heterocycles. The van der Waals surface area contributed by atoms with Crippen molar-refractivity contribution >= 4 is 17.9 Å². The fraction of sp³-hybridized carbons (Fsp3) is 0.906. The first-order valence-electron chi connectivity index (χ1n) is 26.2. The number of esters is 3. The van der Waals surface area contributed by atoms with Gasteiger partial charge in [0.15, 0.2) is 6.10 Å². The smallest absolute Gasteiger partial charge is 0.306 e. The molecule has 0 radical (unpaired) electrons. The van der Waals surface area contributed by atoms with E-state index in [9.17, 15) is 14.4 Å². The van der Waals surface area contributed by atoms with Crippen LogP contribution in [0, 0.1) is 0 Å². The van der Waals surface area contributed by atoms with Gasteiger partial charge in [0.05, 0.1) is 0 Å². The molecule has 59 heavy (non-hydrogen) atoms. The Kier molecular flexibility index (Phi) is 47.3. The van der Waals surface area contributed by atoms with E-state index >= 15 is 0 Å². The van der Waals surface area contributed by atoms with E-state index in [0.29, 0.717) is 19.3 Å². The zero-order valence-electron chi connectivity index (χ0n) is 39.8. The summed E-state index contributed by atoms with van der Waals surface area (Å²) >= 11 is 0. The van der Waals surface area contributed by atoms with Crippen LogP contribution in [0.1, 0.15) is 290 Å². The molecule has 0 spiro atoms. The standard InChI is InChI=1S/C53H100O6/c1-4-7-10-13-15-17-19-21-23-24-25-26-27-28-30-31-33-35-37-40-43-46-52(55)58-49-50(48-57-51(54)45-42-39-12-9-6-3)59-53(56)47-44-41-38-36-34-32-29-22-20-18-16-14-11-8-5-2/h24-25,50H,4-23,26-49H2,1-3H3/b25-24-. The summed E-state index contributed by atoms with van der Waals surface area (Å²) in [5.41, 5.74) is 0. The van der Waals surface area contributed by atoms with E-state index in [1.807, 2.05) is 0 Å². The van der Waals surface area contributed by atoms with Gasteiger partial charge in [-0.3, -0.25) is 14.4 Å². The zero-order valence-corrected chi connectivity index (χ0v) is 39.8. The van der Waals surface area contributed by atoms with Crippen LogP contribution < -0.4 is 0 Å². The van der Waals surface area contributed by atoms with Crippen molar-refractivity contribution in [3.8, 4) is 0 Å². The summed E-state index contributed by atoms with van der Waals surface area (Å²) < 4.78 is 16.7. The maximum absolute atomic E-state index is 12.7. The molecule has 6 heteroatoms. The third kappa shape index (κ3) is 47.1. The van der Waals surface area contributed by atoms with Crippen LogP contribution in [0.4, 0.5) is 0 Å². The van der Waals surface area contributed by atoms with Gasteiger partial charge in [0.2, 0.25) is 0 Å². The van der Waals surface area contributed by atoms with Crippen LogP contribution in [0.25, 0.3) is 0 Å². The van der Waals surface area contributed by atoms with Crippen molar-refractivity contribution in [2.24, 2.45) is 0 Å². The van der Waals surface area contributed by atoms with Gasteiger partial charge in [0.25, 0.3) is 0 Å². The molecule has 1 unspecified atom stereocenters. The Morgan fingerprint density at radius 3 is 0.847 bits per heavy atom. The maximum atomic E-state index is 12.7. The Balaban J connectivity index is 4.09. The molecule has 6 nitrogen and oxygen atoms in total. The molecule has 1 atom stereocenters. The van der Waals surface area contributed by atoms with Gasteiger partial charge in [-0.1, -0.05) is 238 Å². The van der Waals surface area contributed by atoms with Gasteiger partial charge in [-0.25, -0.2) is 0 Å². The highest BCUT2D eigenvalue weighted by molar-refractivity contribution is 5.71. The predicted octanol–water partition coefficient (Wildman–Crippen LogP) is 17.0. The van der Waals surface area contributed by atoms with Crippen LogP contribution in [0.2, 0.25) is 0 Å². The Hall–Kier alpha value is -1.85. The van der Waals surface area contributed by atoms with E-state index in [2.05, 4.69) is 32.9 Å². The Morgan fingerprint density at radius 2 is 0.559 bits per heavy atom. The summed E-state index contributed by atoms with van der Waals surface area (Å²) in [5.74, 6) is -0.867. The summed E-state index contributed by atoms with van der Waals surface area (Å²) in [7, 11) is 0. The van der Waals surface area contributed by atoms with Crippen molar-refractivity contribution in [1.82, 2.24) is 0 Å². The first kappa shape index (κ1) is 57.1. The Bertz CT molecular complexity index is 916. The summed E-state index contributed by atoms with van der Waals surface area (Å²) in [6.45, 7) is 6.59. The summed E-state index contributed by atoms with van der Waals surface area (Å²) in [6, 6.07) is 0. The lowest BCUT2D eigenvalue weighted by atomic mass is 10.0. The van der Waals surface area contributed by atoms with Crippen LogP contribution in [0.15, 0.2) is 12.2 Å². The minimum atomic E-state index is -0.762. The van der Waals surface area contributed by atoms with Crippen LogP contribution >= 0.6 is 0 Å². The molecule has 0 aliphatic heterocycles. The quantitative estimate of drug-likeness (QED) is 0.0263. The van der Waals surface area contributed by atoms with E-state index in [1.54, 1.807) is 0 Å². The SMILES string of the molecule is CCCCCCCCCC/C=C\CCCCCCCCCCCC(=O)OCC(COC(=O)CCCCCCC)OC(=O)CCCCCCCCCCCCCCCCC. The molecular weight excluding hydrogens is 733 g/mol. The molecular formula is C53H100O6.